The summed E-state index contributed by atoms with van der Waals surface area (Å²) in [6, 6.07) is -0.921. The maximum atomic E-state index is 12.8. The molecule has 0 bridgehead atoms. The Hall–Kier alpha value is -1.74. The van der Waals surface area contributed by atoms with Crippen LogP contribution in [0.4, 0.5) is 13.2 Å². The van der Waals surface area contributed by atoms with E-state index in [9.17, 15) is 26.4 Å². The van der Waals surface area contributed by atoms with Gasteiger partial charge in [0.15, 0.2) is 5.79 Å². The number of hydrogen-bond acceptors (Lipinski definition) is 9. The van der Waals surface area contributed by atoms with E-state index < -0.39 is 51.0 Å². The molecule has 0 spiro atoms. The first-order valence-electron chi connectivity index (χ1n) is 10.1. The third kappa shape index (κ3) is 8.21. The van der Waals surface area contributed by atoms with E-state index in [1.807, 2.05) is 0 Å². The molecule has 0 unspecified atom stereocenters. The molecule has 2 N–H and O–H groups in total. The number of ether oxygens (including phenoxy) is 3. The number of H-pyrrole nitrogens is 1. The minimum atomic E-state index is -5.83. The molecule has 0 amide bonds. The third-order valence-electron chi connectivity index (χ3n) is 4.65. The van der Waals surface area contributed by atoms with E-state index in [2.05, 4.69) is 19.5 Å². The number of halogens is 3. The standard InChI is InChI=1S/C19H30F3N3O7S/c1-16(2,3)32-15(26)14(6-13-7-23-12-25-13)24-8-18(9-29-17(4,5)30-10-18)11-31-33(27,28)19(20,21)22/h7,12,14,24H,6,8-11H2,1-5H3,(H,23,25)/t14-/m0/s1. The summed E-state index contributed by atoms with van der Waals surface area (Å²) in [5.74, 6) is -1.62. The van der Waals surface area contributed by atoms with Crippen LogP contribution in [0, 0.1) is 5.41 Å². The Morgan fingerprint density at radius 1 is 1.27 bits per heavy atom. The van der Waals surface area contributed by atoms with E-state index in [4.69, 9.17) is 14.2 Å². The van der Waals surface area contributed by atoms with Crippen LogP contribution in [0.2, 0.25) is 0 Å². The van der Waals surface area contributed by atoms with Gasteiger partial charge in [-0.15, -0.1) is 0 Å². The highest BCUT2D eigenvalue weighted by molar-refractivity contribution is 7.87. The zero-order chi connectivity index (χ0) is 25.1. The molecule has 2 rings (SSSR count). The summed E-state index contributed by atoms with van der Waals surface area (Å²) in [7, 11) is -5.83. The fourth-order valence-corrected chi connectivity index (χ4v) is 3.35. The van der Waals surface area contributed by atoms with Gasteiger partial charge in [-0.2, -0.15) is 21.6 Å². The second-order valence-electron chi connectivity index (χ2n) is 9.39. The fourth-order valence-electron chi connectivity index (χ4n) is 2.81. The molecule has 10 nitrogen and oxygen atoms in total. The van der Waals surface area contributed by atoms with Gasteiger partial charge in [0.1, 0.15) is 11.6 Å². The Balaban J connectivity index is 2.20. The first-order valence-corrected chi connectivity index (χ1v) is 11.5. The maximum absolute atomic E-state index is 12.8. The number of rotatable bonds is 9. The van der Waals surface area contributed by atoms with Crippen molar-refractivity contribution in [1.82, 2.24) is 15.3 Å². The summed E-state index contributed by atoms with van der Waals surface area (Å²) < 4.78 is 82.0. The van der Waals surface area contributed by atoms with Crippen LogP contribution in [0.5, 0.6) is 0 Å². The van der Waals surface area contributed by atoms with Gasteiger partial charge in [-0.1, -0.05) is 0 Å². The highest BCUT2D eigenvalue weighted by Crippen LogP contribution is 2.33. The Labute approximate surface area is 190 Å². The van der Waals surface area contributed by atoms with Crippen LogP contribution >= 0.6 is 0 Å². The molecule has 1 atom stereocenters. The van der Waals surface area contributed by atoms with Crippen molar-refractivity contribution in [3.05, 3.63) is 18.2 Å². The van der Waals surface area contributed by atoms with Gasteiger partial charge in [0, 0.05) is 24.9 Å². The van der Waals surface area contributed by atoms with Crippen LogP contribution < -0.4 is 5.32 Å². The van der Waals surface area contributed by atoms with Crippen LogP contribution in [0.15, 0.2) is 12.5 Å². The van der Waals surface area contributed by atoms with Crippen LogP contribution in [-0.4, -0.2) is 73.7 Å². The van der Waals surface area contributed by atoms with Gasteiger partial charge in [-0.3, -0.25) is 8.98 Å². The molecule has 0 saturated carbocycles. The van der Waals surface area contributed by atoms with Crippen molar-refractivity contribution < 1.29 is 44.8 Å². The van der Waals surface area contributed by atoms with Gasteiger partial charge < -0.3 is 24.5 Å². The predicted molar refractivity (Wildman–Crippen MR) is 109 cm³/mol. The molecular formula is C19H30F3N3O7S. The maximum Gasteiger partial charge on any atom is 0.523 e. The number of aromatic nitrogens is 2. The van der Waals surface area contributed by atoms with Crippen molar-refractivity contribution in [2.75, 3.05) is 26.4 Å². The molecule has 1 aliphatic heterocycles. The number of esters is 1. The number of carbonyl (C=O) groups is 1. The second-order valence-corrected chi connectivity index (χ2v) is 11.0. The zero-order valence-corrected chi connectivity index (χ0v) is 19.9. The van der Waals surface area contributed by atoms with Gasteiger partial charge in [-0.05, 0) is 34.6 Å². The van der Waals surface area contributed by atoms with Crippen molar-refractivity contribution >= 4 is 16.1 Å². The molecule has 33 heavy (non-hydrogen) atoms. The molecule has 1 saturated heterocycles. The van der Waals surface area contributed by atoms with Crippen LogP contribution in [0.25, 0.3) is 0 Å². The Kier molecular flexibility index (Phi) is 8.22. The lowest BCUT2D eigenvalue weighted by molar-refractivity contribution is -0.288. The summed E-state index contributed by atoms with van der Waals surface area (Å²) >= 11 is 0. The summed E-state index contributed by atoms with van der Waals surface area (Å²) in [4.78, 5) is 19.5. The Morgan fingerprint density at radius 3 is 2.36 bits per heavy atom. The quantitative estimate of drug-likeness (QED) is 0.296. The predicted octanol–water partition coefficient (Wildman–Crippen LogP) is 1.89. The van der Waals surface area contributed by atoms with Crippen molar-refractivity contribution in [3.8, 4) is 0 Å². The largest absolute Gasteiger partial charge is 0.523 e. The summed E-state index contributed by atoms with van der Waals surface area (Å²) in [5.41, 5.74) is -7.08. The lowest BCUT2D eigenvalue weighted by atomic mass is 9.89. The van der Waals surface area contributed by atoms with Crippen LogP contribution in [0.3, 0.4) is 0 Å². The third-order valence-corrected chi connectivity index (χ3v) is 5.64. The van der Waals surface area contributed by atoms with Crippen LogP contribution in [0.1, 0.15) is 40.3 Å². The molecule has 190 valence electrons. The smallest absolute Gasteiger partial charge is 0.459 e. The number of imidazole rings is 1. The first kappa shape index (κ1) is 27.5. The number of nitrogens with one attached hydrogen (secondary N) is 2. The normalized spacial score (nSPS) is 19.8. The Bertz CT molecular complexity index is 887. The van der Waals surface area contributed by atoms with E-state index in [1.54, 1.807) is 34.6 Å². The van der Waals surface area contributed by atoms with E-state index in [-0.39, 0.29) is 26.2 Å². The highest BCUT2D eigenvalue weighted by Gasteiger charge is 2.50. The molecule has 1 aromatic heterocycles. The lowest BCUT2D eigenvalue weighted by Gasteiger charge is -2.43. The topological polar surface area (TPSA) is 129 Å². The van der Waals surface area contributed by atoms with Gasteiger partial charge >= 0.3 is 21.6 Å². The van der Waals surface area contributed by atoms with Gasteiger partial charge in [0.05, 0.1) is 31.6 Å². The van der Waals surface area contributed by atoms with Gasteiger partial charge in [-0.25, -0.2) is 4.98 Å². The van der Waals surface area contributed by atoms with Crippen molar-refractivity contribution in [3.63, 3.8) is 0 Å². The molecule has 0 aliphatic carbocycles. The molecule has 2 heterocycles. The van der Waals surface area contributed by atoms with E-state index in [0.717, 1.165) is 0 Å². The minimum Gasteiger partial charge on any atom is -0.459 e. The van der Waals surface area contributed by atoms with Gasteiger partial charge in [0.2, 0.25) is 0 Å². The summed E-state index contributed by atoms with van der Waals surface area (Å²) in [5, 5.41) is 2.95. The molecule has 14 heteroatoms. The number of aromatic amines is 1. The summed E-state index contributed by atoms with van der Waals surface area (Å²) in [6.45, 7) is 6.93. The average Bonchev–Trinajstić information content (AvgIpc) is 3.16. The van der Waals surface area contributed by atoms with E-state index >= 15 is 0 Å². The molecule has 1 aliphatic rings. The van der Waals surface area contributed by atoms with Crippen molar-refractivity contribution in [1.29, 1.82) is 0 Å². The lowest BCUT2D eigenvalue weighted by Crippen LogP contribution is -2.56. The number of alkyl halides is 3. The zero-order valence-electron chi connectivity index (χ0n) is 19.1. The molecule has 0 aromatic carbocycles. The minimum absolute atomic E-state index is 0.139. The fraction of sp³-hybridized carbons (Fsp3) is 0.789. The SMILES string of the molecule is CC(C)(C)OC(=O)[C@H](Cc1cnc[nH]1)NCC1(COS(=O)(=O)C(F)(F)F)COC(C)(C)OC1. The Morgan fingerprint density at radius 2 is 1.88 bits per heavy atom. The number of nitrogens with zero attached hydrogens (tertiary/aromatic N) is 1. The van der Waals surface area contributed by atoms with Gasteiger partial charge in [0.25, 0.3) is 0 Å². The van der Waals surface area contributed by atoms with Crippen LogP contribution in [-0.2, 0) is 39.7 Å². The molecule has 0 radical (unpaired) electrons. The summed E-state index contributed by atoms with van der Waals surface area (Å²) in [6.07, 6.45) is 3.09. The monoisotopic (exact) mass is 501 g/mol. The van der Waals surface area contributed by atoms with Crippen molar-refractivity contribution in [2.24, 2.45) is 5.41 Å². The average molecular weight is 502 g/mol. The molecule has 1 aromatic rings. The molecular weight excluding hydrogens is 471 g/mol. The van der Waals surface area contributed by atoms with E-state index in [1.165, 1.54) is 12.5 Å². The van der Waals surface area contributed by atoms with E-state index in [0.29, 0.717) is 5.69 Å². The highest BCUT2D eigenvalue weighted by atomic mass is 32.2. The number of carbonyl (C=O) groups excluding carboxylic acids is 1. The second kappa shape index (κ2) is 9.86. The molecule has 1 fully saturated rings. The van der Waals surface area contributed by atoms with Crippen molar-refractivity contribution in [2.45, 2.75) is 64.0 Å². The first-order chi connectivity index (χ1) is 14.9. The number of hydrogen-bond donors (Lipinski definition) is 2.